The molecule has 0 saturated carbocycles. The third-order valence-electron chi connectivity index (χ3n) is 5.39. The Labute approximate surface area is 208 Å². The fraction of sp³-hybridized carbons (Fsp3) is 0.481. The van der Waals surface area contributed by atoms with Gasteiger partial charge in [-0.05, 0) is 62.4 Å². The molecule has 0 spiro atoms. The van der Waals surface area contributed by atoms with Crippen LogP contribution in [-0.2, 0) is 22.6 Å². The van der Waals surface area contributed by atoms with Crippen molar-refractivity contribution in [3.8, 4) is 11.5 Å². The summed E-state index contributed by atoms with van der Waals surface area (Å²) in [7, 11) is 0. The van der Waals surface area contributed by atoms with Gasteiger partial charge in [0.05, 0.1) is 13.2 Å². The fourth-order valence-corrected chi connectivity index (χ4v) is 3.69. The number of benzene rings is 2. The highest BCUT2D eigenvalue weighted by molar-refractivity contribution is 6.31. The van der Waals surface area contributed by atoms with Gasteiger partial charge < -0.3 is 19.7 Å². The van der Waals surface area contributed by atoms with Gasteiger partial charge in [-0.15, -0.1) is 0 Å². The minimum atomic E-state index is -0.623. The van der Waals surface area contributed by atoms with Crippen molar-refractivity contribution in [3.63, 3.8) is 0 Å². The van der Waals surface area contributed by atoms with E-state index in [1.165, 1.54) is 0 Å². The van der Waals surface area contributed by atoms with Gasteiger partial charge in [-0.1, -0.05) is 49.7 Å². The van der Waals surface area contributed by atoms with Gasteiger partial charge in [0.15, 0.2) is 11.5 Å². The normalized spacial score (nSPS) is 11.7. The minimum absolute atomic E-state index is 0.112. The number of ether oxygens (including phenoxy) is 2. The lowest BCUT2D eigenvalue weighted by molar-refractivity contribution is -0.140. The van der Waals surface area contributed by atoms with Crippen LogP contribution in [0, 0.1) is 5.92 Å². The zero-order chi connectivity index (χ0) is 25.1. The number of halogens is 1. The Kier molecular flexibility index (Phi) is 11.2. The van der Waals surface area contributed by atoms with Crippen LogP contribution in [0.3, 0.4) is 0 Å². The van der Waals surface area contributed by atoms with Crippen LogP contribution >= 0.6 is 11.6 Å². The molecule has 0 radical (unpaired) electrons. The van der Waals surface area contributed by atoms with Crippen LogP contribution in [0.25, 0.3) is 0 Å². The van der Waals surface area contributed by atoms with Crippen molar-refractivity contribution in [2.75, 3.05) is 19.8 Å². The van der Waals surface area contributed by atoms with Crippen molar-refractivity contribution in [2.45, 2.75) is 60.0 Å². The number of carbonyl (C=O) groups excluding carboxylic acids is 2. The Hall–Kier alpha value is -2.73. The number of nitrogens with zero attached hydrogens (tertiary/aromatic N) is 1. The first kappa shape index (κ1) is 27.5. The molecule has 0 saturated heterocycles. The number of nitrogens with one attached hydrogen (secondary N) is 1. The lowest BCUT2D eigenvalue weighted by Crippen LogP contribution is -2.48. The summed E-state index contributed by atoms with van der Waals surface area (Å²) in [5.41, 5.74) is 1.77. The molecule has 0 aromatic heterocycles. The molecule has 34 heavy (non-hydrogen) atoms. The zero-order valence-corrected chi connectivity index (χ0v) is 21.7. The highest BCUT2D eigenvalue weighted by Crippen LogP contribution is 2.29. The Balaban J connectivity index is 2.18. The van der Waals surface area contributed by atoms with Crippen LogP contribution in [0.4, 0.5) is 0 Å². The zero-order valence-electron chi connectivity index (χ0n) is 20.9. The lowest BCUT2D eigenvalue weighted by Gasteiger charge is -2.29. The predicted molar refractivity (Wildman–Crippen MR) is 136 cm³/mol. The molecule has 0 aliphatic carbocycles. The standard InChI is InChI=1S/C27H37ClN2O4/c1-6-33-24-14-12-21(16-25(24)34-7-2)13-15-26(31)30(18-22-10-8-9-11-23(22)28)20(5)27(32)29-17-19(3)4/h8-12,14,16,19-20H,6-7,13,15,17-18H2,1-5H3,(H,29,32)/t20-/m1/s1. The Morgan fingerprint density at radius 3 is 2.32 bits per heavy atom. The maximum absolute atomic E-state index is 13.3. The molecule has 1 N–H and O–H groups in total. The van der Waals surface area contributed by atoms with Gasteiger partial charge in [0.2, 0.25) is 11.8 Å². The largest absolute Gasteiger partial charge is 0.490 e. The summed E-state index contributed by atoms with van der Waals surface area (Å²) in [6, 6.07) is 12.5. The smallest absolute Gasteiger partial charge is 0.242 e. The second kappa shape index (κ2) is 13.9. The quantitative estimate of drug-likeness (QED) is 0.417. The van der Waals surface area contributed by atoms with Crippen LogP contribution in [0.15, 0.2) is 42.5 Å². The van der Waals surface area contributed by atoms with E-state index < -0.39 is 6.04 Å². The molecule has 1 atom stereocenters. The number of amides is 2. The van der Waals surface area contributed by atoms with Gasteiger partial charge >= 0.3 is 0 Å². The van der Waals surface area contributed by atoms with E-state index in [0.29, 0.717) is 48.6 Å². The van der Waals surface area contributed by atoms with Gasteiger partial charge in [-0.25, -0.2) is 0 Å². The van der Waals surface area contributed by atoms with E-state index in [4.69, 9.17) is 21.1 Å². The third kappa shape index (κ3) is 8.24. The summed E-state index contributed by atoms with van der Waals surface area (Å²) in [5.74, 6) is 1.40. The predicted octanol–water partition coefficient (Wildman–Crippen LogP) is 5.26. The van der Waals surface area contributed by atoms with Crippen molar-refractivity contribution >= 4 is 23.4 Å². The molecule has 0 bridgehead atoms. The first-order valence-electron chi connectivity index (χ1n) is 12.0. The molecule has 0 fully saturated rings. The van der Waals surface area contributed by atoms with Crippen LogP contribution in [0.1, 0.15) is 52.2 Å². The summed E-state index contributed by atoms with van der Waals surface area (Å²) in [6.45, 7) is 11.6. The van der Waals surface area contributed by atoms with E-state index in [1.807, 2.05) is 64.1 Å². The molecule has 2 aromatic rings. The molecule has 0 aliphatic heterocycles. The van der Waals surface area contributed by atoms with Crippen molar-refractivity contribution in [3.05, 3.63) is 58.6 Å². The fourth-order valence-electron chi connectivity index (χ4n) is 3.49. The lowest BCUT2D eigenvalue weighted by atomic mass is 10.1. The summed E-state index contributed by atoms with van der Waals surface area (Å²) < 4.78 is 11.3. The molecule has 7 heteroatoms. The molecule has 2 rings (SSSR count). The number of carbonyl (C=O) groups is 2. The highest BCUT2D eigenvalue weighted by atomic mass is 35.5. The van der Waals surface area contributed by atoms with E-state index in [-0.39, 0.29) is 24.8 Å². The average molecular weight is 489 g/mol. The van der Waals surface area contributed by atoms with E-state index in [2.05, 4.69) is 5.32 Å². The third-order valence-corrected chi connectivity index (χ3v) is 5.75. The number of hydrogen-bond acceptors (Lipinski definition) is 4. The topological polar surface area (TPSA) is 67.9 Å². The SMILES string of the molecule is CCOc1ccc(CCC(=O)N(Cc2ccccc2Cl)[C@H](C)C(=O)NCC(C)C)cc1OCC. The molecule has 2 aromatic carbocycles. The summed E-state index contributed by atoms with van der Waals surface area (Å²) in [5, 5.41) is 3.51. The first-order chi connectivity index (χ1) is 16.3. The van der Waals surface area contributed by atoms with Gasteiger partial charge in [0.25, 0.3) is 0 Å². The summed E-state index contributed by atoms with van der Waals surface area (Å²) in [6.07, 6.45) is 0.774. The van der Waals surface area contributed by atoms with Gasteiger partial charge in [0, 0.05) is 24.5 Å². The average Bonchev–Trinajstić information content (AvgIpc) is 2.81. The van der Waals surface area contributed by atoms with Gasteiger partial charge in [-0.3, -0.25) is 9.59 Å². The molecule has 0 aliphatic rings. The maximum atomic E-state index is 13.3. The molecule has 6 nitrogen and oxygen atoms in total. The summed E-state index contributed by atoms with van der Waals surface area (Å²) >= 11 is 6.36. The van der Waals surface area contributed by atoms with Crippen LogP contribution in [-0.4, -0.2) is 42.5 Å². The van der Waals surface area contributed by atoms with Crippen molar-refractivity contribution in [1.29, 1.82) is 0 Å². The molecular formula is C27H37ClN2O4. The molecule has 2 amide bonds. The van der Waals surface area contributed by atoms with Crippen molar-refractivity contribution < 1.29 is 19.1 Å². The van der Waals surface area contributed by atoms with Crippen LogP contribution in [0.5, 0.6) is 11.5 Å². The molecule has 0 heterocycles. The maximum Gasteiger partial charge on any atom is 0.242 e. The monoisotopic (exact) mass is 488 g/mol. The van der Waals surface area contributed by atoms with Crippen LogP contribution in [0.2, 0.25) is 5.02 Å². The minimum Gasteiger partial charge on any atom is -0.490 e. The Bertz CT molecular complexity index is 948. The second-order valence-corrected chi connectivity index (χ2v) is 8.98. The molecular weight excluding hydrogens is 452 g/mol. The number of aryl methyl sites for hydroxylation is 1. The molecule has 186 valence electrons. The van der Waals surface area contributed by atoms with Gasteiger partial charge in [-0.2, -0.15) is 0 Å². The second-order valence-electron chi connectivity index (χ2n) is 8.58. The first-order valence-corrected chi connectivity index (χ1v) is 12.3. The van der Waals surface area contributed by atoms with E-state index in [9.17, 15) is 9.59 Å². The Morgan fingerprint density at radius 2 is 1.68 bits per heavy atom. The van der Waals surface area contributed by atoms with E-state index >= 15 is 0 Å². The Morgan fingerprint density at radius 1 is 1.00 bits per heavy atom. The van der Waals surface area contributed by atoms with Gasteiger partial charge in [0.1, 0.15) is 6.04 Å². The van der Waals surface area contributed by atoms with Crippen molar-refractivity contribution in [1.82, 2.24) is 10.2 Å². The summed E-state index contributed by atoms with van der Waals surface area (Å²) in [4.78, 5) is 27.7. The number of rotatable bonds is 13. The highest BCUT2D eigenvalue weighted by Gasteiger charge is 2.26. The molecule has 0 unspecified atom stereocenters. The van der Waals surface area contributed by atoms with Crippen LogP contribution < -0.4 is 14.8 Å². The van der Waals surface area contributed by atoms with E-state index in [0.717, 1.165) is 11.1 Å². The number of hydrogen-bond donors (Lipinski definition) is 1. The van der Waals surface area contributed by atoms with E-state index in [1.54, 1.807) is 17.9 Å². The van der Waals surface area contributed by atoms with Crippen molar-refractivity contribution in [2.24, 2.45) is 5.92 Å².